The number of hydrogen-bond acceptors (Lipinski definition) is 4. The van der Waals surface area contributed by atoms with Crippen LogP contribution >= 0.6 is 23.4 Å². The van der Waals surface area contributed by atoms with Crippen molar-refractivity contribution in [3.8, 4) is 11.5 Å². The molecule has 0 aromatic heterocycles. The van der Waals surface area contributed by atoms with Gasteiger partial charge in [-0.05, 0) is 55.5 Å². The van der Waals surface area contributed by atoms with Crippen molar-refractivity contribution in [3.05, 3.63) is 52.8 Å². The van der Waals surface area contributed by atoms with E-state index >= 15 is 0 Å². The van der Waals surface area contributed by atoms with Gasteiger partial charge >= 0.3 is 0 Å². The molecule has 134 valence electrons. The lowest BCUT2D eigenvalue weighted by atomic mass is 10.2. The number of carbonyl (C=O) groups excluding carboxylic acids is 1. The van der Waals surface area contributed by atoms with Gasteiger partial charge in [0.25, 0.3) is 5.91 Å². The molecule has 0 fully saturated rings. The quantitative estimate of drug-likeness (QED) is 0.520. The molecule has 2 N–H and O–H groups in total. The van der Waals surface area contributed by atoms with Crippen LogP contribution in [0.25, 0.3) is 0 Å². The van der Waals surface area contributed by atoms with E-state index in [0.29, 0.717) is 18.7 Å². The second-order valence-electron chi connectivity index (χ2n) is 5.15. The van der Waals surface area contributed by atoms with E-state index in [2.05, 4.69) is 5.32 Å². The Kier molecular flexibility index (Phi) is 7.40. The highest BCUT2D eigenvalue weighted by molar-refractivity contribution is 7.99. The van der Waals surface area contributed by atoms with E-state index < -0.39 is 0 Å². The Bertz CT molecular complexity index is 725. The summed E-state index contributed by atoms with van der Waals surface area (Å²) in [5.74, 6) is 0.278. The average molecular weight is 384 g/mol. The monoisotopic (exact) mass is 383 g/mol. The Hall–Kier alpha value is -1.92. The number of nitrogens with one attached hydrogen (secondary N) is 1. The summed E-state index contributed by atoms with van der Waals surface area (Å²) in [7, 11) is 0. The minimum atomic E-state index is -0.283. The maximum Gasteiger partial charge on any atom is 0.251 e. The molecule has 2 rings (SSSR count). The Morgan fingerprint density at radius 3 is 2.72 bits per heavy atom. The van der Waals surface area contributed by atoms with Crippen molar-refractivity contribution >= 4 is 29.3 Å². The van der Waals surface area contributed by atoms with Crippen molar-refractivity contribution in [2.24, 2.45) is 0 Å². The first-order valence-electron chi connectivity index (χ1n) is 7.83. The van der Waals surface area contributed by atoms with E-state index in [4.69, 9.17) is 16.3 Å². The molecule has 0 atom stereocenters. The number of phenols is 1. The summed E-state index contributed by atoms with van der Waals surface area (Å²) < 4.78 is 18.1. The zero-order valence-electron chi connectivity index (χ0n) is 13.7. The lowest BCUT2D eigenvalue weighted by Crippen LogP contribution is -2.24. The Morgan fingerprint density at radius 2 is 2.04 bits per heavy atom. The van der Waals surface area contributed by atoms with E-state index in [-0.39, 0.29) is 28.2 Å². The normalized spacial score (nSPS) is 10.5. The van der Waals surface area contributed by atoms with Gasteiger partial charge in [-0.15, -0.1) is 11.8 Å². The standard InChI is InChI=1S/C18H19ClFNO3S/c1-2-24-16-11-12(10-15(19)17(16)22)18(23)21-8-3-9-25-14-6-4-13(20)5-7-14/h4-7,10-11,22H,2-3,8-9H2,1H3,(H,21,23). The first-order valence-corrected chi connectivity index (χ1v) is 9.19. The third-order valence-corrected chi connectivity index (χ3v) is 4.67. The van der Waals surface area contributed by atoms with Crippen LogP contribution in [0.1, 0.15) is 23.7 Å². The number of ether oxygens (including phenoxy) is 1. The molecule has 0 heterocycles. The summed E-state index contributed by atoms with van der Waals surface area (Å²) in [5.41, 5.74) is 0.331. The number of benzene rings is 2. The van der Waals surface area contributed by atoms with Crippen LogP contribution in [-0.4, -0.2) is 29.9 Å². The first kappa shape index (κ1) is 19.4. The van der Waals surface area contributed by atoms with Gasteiger partial charge in [0.2, 0.25) is 0 Å². The van der Waals surface area contributed by atoms with Crippen molar-refractivity contribution in [1.29, 1.82) is 0 Å². The maximum absolute atomic E-state index is 12.8. The molecule has 0 saturated heterocycles. The van der Waals surface area contributed by atoms with Gasteiger partial charge in [0.15, 0.2) is 11.5 Å². The second kappa shape index (κ2) is 9.53. The van der Waals surface area contributed by atoms with E-state index in [1.165, 1.54) is 24.3 Å². The molecule has 0 unspecified atom stereocenters. The fourth-order valence-electron chi connectivity index (χ4n) is 2.07. The van der Waals surface area contributed by atoms with E-state index in [0.717, 1.165) is 17.1 Å². The topological polar surface area (TPSA) is 58.6 Å². The molecule has 0 aliphatic heterocycles. The van der Waals surface area contributed by atoms with Crippen LogP contribution in [0.3, 0.4) is 0 Å². The summed E-state index contributed by atoms with van der Waals surface area (Å²) in [4.78, 5) is 13.2. The summed E-state index contributed by atoms with van der Waals surface area (Å²) in [6.07, 6.45) is 0.762. The molecule has 0 spiro atoms. The molecule has 1 amide bonds. The van der Waals surface area contributed by atoms with Gasteiger partial charge in [0, 0.05) is 17.0 Å². The Balaban J connectivity index is 1.81. The van der Waals surface area contributed by atoms with E-state index in [1.807, 2.05) is 0 Å². The molecule has 0 aliphatic rings. The molecular weight excluding hydrogens is 365 g/mol. The van der Waals surface area contributed by atoms with Gasteiger partial charge in [-0.1, -0.05) is 11.6 Å². The summed E-state index contributed by atoms with van der Waals surface area (Å²) in [6.45, 7) is 2.63. The fourth-order valence-corrected chi connectivity index (χ4v) is 3.13. The highest BCUT2D eigenvalue weighted by Gasteiger charge is 2.14. The maximum atomic E-state index is 12.8. The van der Waals surface area contributed by atoms with E-state index in [9.17, 15) is 14.3 Å². The van der Waals surface area contributed by atoms with Gasteiger partial charge in [-0.25, -0.2) is 4.39 Å². The van der Waals surface area contributed by atoms with Crippen molar-refractivity contribution in [2.45, 2.75) is 18.2 Å². The van der Waals surface area contributed by atoms with E-state index in [1.54, 1.807) is 30.8 Å². The molecule has 25 heavy (non-hydrogen) atoms. The lowest BCUT2D eigenvalue weighted by molar-refractivity contribution is 0.0953. The van der Waals surface area contributed by atoms with Gasteiger partial charge < -0.3 is 15.2 Å². The Labute approximate surface area is 155 Å². The first-order chi connectivity index (χ1) is 12.0. The average Bonchev–Trinajstić information content (AvgIpc) is 2.60. The summed E-state index contributed by atoms with van der Waals surface area (Å²) in [6, 6.07) is 9.18. The van der Waals surface area contributed by atoms with Crippen LogP contribution in [0.15, 0.2) is 41.3 Å². The molecule has 7 heteroatoms. The van der Waals surface area contributed by atoms with Gasteiger partial charge in [0.1, 0.15) is 5.82 Å². The van der Waals surface area contributed by atoms with Crippen molar-refractivity contribution < 1.29 is 19.0 Å². The third-order valence-electron chi connectivity index (χ3n) is 3.28. The lowest BCUT2D eigenvalue weighted by Gasteiger charge is -2.10. The number of thioether (sulfide) groups is 1. The van der Waals surface area contributed by atoms with Gasteiger partial charge in [-0.2, -0.15) is 0 Å². The van der Waals surface area contributed by atoms with Crippen molar-refractivity contribution in [3.63, 3.8) is 0 Å². The number of carbonyl (C=O) groups is 1. The predicted octanol–water partition coefficient (Wildman–Crippen LogP) is 4.50. The second-order valence-corrected chi connectivity index (χ2v) is 6.73. The highest BCUT2D eigenvalue weighted by atomic mass is 35.5. The van der Waals surface area contributed by atoms with Crippen LogP contribution in [0, 0.1) is 5.82 Å². The number of halogens is 2. The van der Waals surface area contributed by atoms with Gasteiger partial charge in [-0.3, -0.25) is 4.79 Å². The number of amides is 1. The molecular formula is C18H19ClFNO3S. The van der Waals surface area contributed by atoms with Crippen LogP contribution in [-0.2, 0) is 0 Å². The summed E-state index contributed by atoms with van der Waals surface area (Å²) >= 11 is 7.52. The minimum absolute atomic E-state index is 0.0722. The Morgan fingerprint density at radius 1 is 1.32 bits per heavy atom. The smallest absolute Gasteiger partial charge is 0.251 e. The SMILES string of the molecule is CCOc1cc(C(=O)NCCCSc2ccc(F)cc2)cc(Cl)c1O. The fraction of sp³-hybridized carbons (Fsp3) is 0.278. The number of phenolic OH excluding ortho intramolecular Hbond substituents is 1. The van der Waals surface area contributed by atoms with Gasteiger partial charge in [0.05, 0.1) is 11.6 Å². The van der Waals surface area contributed by atoms with Crippen LogP contribution < -0.4 is 10.1 Å². The zero-order valence-corrected chi connectivity index (χ0v) is 15.3. The number of hydrogen-bond donors (Lipinski definition) is 2. The number of aromatic hydroxyl groups is 1. The third kappa shape index (κ3) is 5.83. The van der Waals surface area contributed by atoms with Crippen molar-refractivity contribution in [2.75, 3.05) is 18.9 Å². The molecule has 0 saturated carbocycles. The van der Waals surface area contributed by atoms with Crippen LogP contribution in [0.5, 0.6) is 11.5 Å². The van der Waals surface area contributed by atoms with Crippen LogP contribution in [0.2, 0.25) is 5.02 Å². The molecule has 2 aromatic carbocycles. The van der Waals surface area contributed by atoms with Crippen LogP contribution in [0.4, 0.5) is 4.39 Å². The largest absolute Gasteiger partial charge is 0.503 e. The molecule has 2 aromatic rings. The minimum Gasteiger partial charge on any atom is -0.503 e. The molecule has 0 bridgehead atoms. The number of rotatable bonds is 8. The molecule has 0 radical (unpaired) electrons. The predicted molar refractivity (Wildman–Crippen MR) is 98.4 cm³/mol. The molecule has 0 aliphatic carbocycles. The van der Waals surface area contributed by atoms with Crippen molar-refractivity contribution in [1.82, 2.24) is 5.32 Å². The zero-order chi connectivity index (χ0) is 18.2. The molecule has 4 nitrogen and oxygen atoms in total. The highest BCUT2D eigenvalue weighted by Crippen LogP contribution is 2.35. The summed E-state index contributed by atoms with van der Waals surface area (Å²) in [5, 5.41) is 12.7.